The Balaban J connectivity index is 1.17. The third-order valence-electron chi connectivity index (χ3n) is 11.8. The fraction of sp³-hybridized carbons (Fsp3) is 0.742. The molecular formula is C31H43ClN2O2. The van der Waals surface area contributed by atoms with Crippen LogP contribution in [0.15, 0.2) is 24.4 Å². The molecule has 2 N–H and O–H groups in total. The van der Waals surface area contributed by atoms with E-state index in [0.29, 0.717) is 46.3 Å². The van der Waals surface area contributed by atoms with Gasteiger partial charge < -0.3 is 10.2 Å². The van der Waals surface area contributed by atoms with Crippen LogP contribution in [0.3, 0.4) is 0 Å². The van der Waals surface area contributed by atoms with Crippen molar-refractivity contribution in [1.82, 2.24) is 9.97 Å². The van der Waals surface area contributed by atoms with Gasteiger partial charge in [0.25, 0.3) is 0 Å². The molecule has 4 aliphatic rings. The van der Waals surface area contributed by atoms with Crippen LogP contribution in [0.25, 0.3) is 10.9 Å². The third-order valence-corrected chi connectivity index (χ3v) is 12.1. The Bertz CT molecular complexity index is 1120. The lowest BCUT2D eigenvalue weighted by Crippen LogP contribution is -2.58. The monoisotopic (exact) mass is 510 g/mol. The van der Waals surface area contributed by atoms with Gasteiger partial charge in [-0.05, 0) is 122 Å². The number of hydrogen-bond donors (Lipinski definition) is 2. The minimum Gasteiger partial charge on any atom is -0.393 e. The standard InChI is InChI=1S/C31H43ClN2O2/c1-18(4-9-28-33-17-19-5-6-21(32)16-26(19)34-28)23-7-8-24-29-25(11-13-31(23,24)3)30(2)12-10-22(35)14-20(30)15-27(29)36/h5-6,16-18,20,22-25,27,29,35-36H,4,7-15H2,1-3H3/t18-,20+,22-,23-,24+,25?,27-,29+,30+,31-/m1/s1. The van der Waals surface area contributed by atoms with E-state index in [1.165, 1.54) is 25.7 Å². The third kappa shape index (κ3) is 4.01. The highest BCUT2D eigenvalue weighted by molar-refractivity contribution is 6.31. The molecule has 4 saturated carbocycles. The molecule has 4 fully saturated rings. The van der Waals surface area contributed by atoms with Crippen molar-refractivity contribution in [2.45, 2.75) is 97.2 Å². The fourth-order valence-corrected chi connectivity index (χ4v) is 10.1. The first-order chi connectivity index (χ1) is 17.2. The lowest BCUT2D eigenvalue weighted by molar-refractivity contribution is -0.174. The second kappa shape index (κ2) is 9.20. The highest BCUT2D eigenvalue weighted by Gasteiger charge is 2.62. The molecule has 5 heteroatoms. The summed E-state index contributed by atoms with van der Waals surface area (Å²) in [5.74, 6) is 4.39. The molecule has 0 spiro atoms. The molecule has 10 atom stereocenters. The van der Waals surface area contributed by atoms with E-state index >= 15 is 0 Å². The van der Waals surface area contributed by atoms with Crippen LogP contribution in [0, 0.1) is 46.3 Å². The number of fused-ring (bicyclic) bond motifs is 6. The quantitative estimate of drug-likeness (QED) is 0.472. The largest absolute Gasteiger partial charge is 0.393 e. The van der Waals surface area contributed by atoms with Gasteiger partial charge in [-0.25, -0.2) is 9.97 Å². The first-order valence-corrected chi connectivity index (χ1v) is 14.8. The van der Waals surface area contributed by atoms with Crippen molar-refractivity contribution < 1.29 is 10.2 Å². The van der Waals surface area contributed by atoms with E-state index < -0.39 is 0 Å². The Hall–Kier alpha value is -1.23. The van der Waals surface area contributed by atoms with Gasteiger partial charge in [0.15, 0.2) is 0 Å². The molecular weight excluding hydrogens is 468 g/mol. The Kier molecular flexibility index (Phi) is 6.41. The summed E-state index contributed by atoms with van der Waals surface area (Å²) in [6.07, 6.45) is 12.5. The molecule has 4 nitrogen and oxygen atoms in total. The zero-order chi connectivity index (χ0) is 25.2. The molecule has 2 aromatic rings. The van der Waals surface area contributed by atoms with Gasteiger partial charge in [0.1, 0.15) is 5.82 Å². The summed E-state index contributed by atoms with van der Waals surface area (Å²) in [4.78, 5) is 9.45. The molecule has 1 unspecified atom stereocenters. The Morgan fingerprint density at radius 1 is 1.03 bits per heavy atom. The van der Waals surface area contributed by atoms with Crippen molar-refractivity contribution in [3.8, 4) is 0 Å². The molecule has 0 aliphatic heterocycles. The van der Waals surface area contributed by atoms with Crippen LogP contribution in [-0.2, 0) is 6.42 Å². The average molecular weight is 511 g/mol. The van der Waals surface area contributed by atoms with E-state index in [9.17, 15) is 10.2 Å². The summed E-state index contributed by atoms with van der Waals surface area (Å²) in [5, 5.41) is 23.6. The number of aromatic nitrogens is 2. The molecule has 0 amide bonds. The zero-order valence-corrected chi connectivity index (χ0v) is 22.9. The van der Waals surface area contributed by atoms with Crippen LogP contribution in [0.1, 0.15) is 84.4 Å². The van der Waals surface area contributed by atoms with E-state index in [1.54, 1.807) is 0 Å². The second-order valence-electron chi connectivity index (χ2n) is 13.5. The van der Waals surface area contributed by atoms with Crippen LogP contribution < -0.4 is 0 Å². The number of nitrogens with zero attached hydrogens (tertiary/aromatic N) is 2. The van der Waals surface area contributed by atoms with E-state index in [4.69, 9.17) is 16.6 Å². The summed E-state index contributed by atoms with van der Waals surface area (Å²) in [7, 11) is 0. The Labute approximate surface area is 221 Å². The molecule has 4 aliphatic carbocycles. The number of aliphatic hydroxyl groups excluding tert-OH is 2. The molecule has 0 bridgehead atoms. The zero-order valence-electron chi connectivity index (χ0n) is 22.2. The van der Waals surface area contributed by atoms with Crippen molar-refractivity contribution in [2.75, 3.05) is 0 Å². The van der Waals surface area contributed by atoms with Crippen LogP contribution >= 0.6 is 11.6 Å². The molecule has 36 heavy (non-hydrogen) atoms. The minimum atomic E-state index is -0.199. The van der Waals surface area contributed by atoms with Crippen molar-refractivity contribution in [3.63, 3.8) is 0 Å². The van der Waals surface area contributed by atoms with Gasteiger partial charge in [0, 0.05) is 23.0 Å². The van der Waals surface area contributed by atoms with Crippen molar-refractivity contribution in [2.24, 2.45) is 46.3 Å². The molecule has 1 aromatic carbocycles. The van der Waals surface area contributed by atoms with Gasteiger partial charge in [-0.1, -0.05) is 32.4 Å². The van der Waals surface area contributed by atoms with E-state index in [-0.39, 0.29) is 12.2 Å². The van der Waals surface area contributed by atoms with Crippen molar-refractivity contribution in [3.05, 3.63) is 35.2 Å². The molecule has 0 radical (unpaired) electrons. The van der Waals surface area contributed by atoms with Gasteiger partial charge in [0.05, 0.1) is 17.7 Å². The van der Waals surface area contributed by atoms with Gasteiger partial charge in [0.2, 0.25) is 0 Å². The topological polar surface area (TPSA) is 66.2 Å². The molecule has 1 aromatic heterocycles. The highest BCUT2D eigenvalue weighted by atomic mass is 35.5. The number of rotatable bonds is 4. The summed E-state index contributed by atoms with van der Waals surface area (Å²) < 4.78 is 0. The van der Waals surface area contributed by atoms with Gasteiger partial charge in [-0.3, -0.25) is 0 Å². The minimum absolute atomic E-state index is 0.166. The maximum atomic E-state index is 11.5. The summed E-state index contributed by atoms with van der Waals surface area (Å²) >= 11 is 6.19. The molecule has 1 heterocycles. The number of aliphatic hydroxyl groups is 2. The van der Waals surface area contributed by atoms with Crippen LogP contribution in [0.4, 0.5) is 0 Å². The summed E-state index contributed by atoms with van der Waals surface area (Å²) in [6.45, 7) is 7.50. The van der Waals surface area contributed by atoms with E-state index in [0.717, 1.165) is 60.3 Å². The van der Waals surface area contributed by atoms with E-state index in [2.05, 4.69) is 25.8 Å². The predicted molar refractivity (Wildman–Crippen MR) is 145 cm³/mol. The SMILES string of the molecule is C[C@H](CCc1ncc2ccc(Cl)cc2n1)[C@H]1CC[C@H]2[C@H]3C(CC[C@]12C)[C@@]1(C)CC[C@@H](O)C[C@H]1C[C@H]3O. The molecule has 196 valence electrons. The first kappa shape index (κ1) is 25.1. The highest BCUT2D eigenvalue weighted by Crippen LogP contribution is 2.68. The maximum Gasteiger partial charge on any atom is 0.128 e. The summed E-state index contributed by atoms with van der Waals surface area (Å²) in [6, 6.07) is 5.81. The Morgan fingerprint density at radius 3 is 2.64 bits per heavy atom. The summed E-state index contributed by atoms with van der Waals surface area (Å²) in [5.41, 5.74) is 1.54. The lowest BCUT2D eigenvalue weighted by Gasteiger charge is -2.62. The maximum absolute atomic E-state index is 11.5. The average Bonchev–Trinajstić information content (AvgIpc) is 3.20. The lowest BCUT2D eigenvalue weighted by atomic mass is 9.43. The van der Waals surface area contributed by atoms with Crippen LogP contribution in [0.2, 0.25) is 5.02 Å². The number of halogens is 1. The van der Waals surface area contributed by atoms with Crippen LogP contribution in [0.5, 0.6) is 0 Å². The van der Waals surface area contributed by atoms with Crippen molar-refractivity contribution >= 4 is 22.5 Å². The van der Waals surface area contributed by atoms with Gasteiger partial charge >= 0.3 is 0 Å². The molecule has 0 saturated heterocycles. The number of benzene rings is 1. The fourth-order valence-electron chi connectivity index (χ4n) is 9.89. The second-order valence-corrected chi connectivity index (χ2v) is 13.9. The normalized spacial score (nSPS) is 43.0. The van der Waals surface area contributed by atoms with Gasteiger partial charge in [-0.15, -0.1) is 0 Å². The van der Waals surface area contributed by atoms with E-state index in [1.807, 2.05) is 24.4 Å². The molecule has 6 rings (SSSR count). The van der Waals surface area contributed by atoms with Crippen LogP contribution in [-0.4, -0.2) is 32.4 Å². The smallest absolute Gasteiger partial charge is 0.128 e. The number of hydrogen-bond acceptors (Lipinski definition) is 4. The predicted octanol–water partition coefficient (Wildman–Crippen LogP) is 6.84. The Morgan fingerprint density at radius 2 is 1.81 bits per heavy atom. The van der Waals surface area contributed by atoms with Crippen molar-refractivity contribution in [1.29, 1.82) is 0 Å². The first-order valence-electron chi connectivity index (χ1n) is 14.5. The van der Waals surface area contributed by atoms with Gasteiger partial charge in [-0.2, -0.15) is 0 Å². The number of aryl methyl sites for hydroxylation is 1.